The van der Waals surface area contributed by atoms with Gasteiger partial charge in [-0.3, -0.25) is 0 Å². The first-order valence-electron chi connectivity index (χ1n) is 6.56. The van der Waals surface area contributed by atoms with Crippen molar-refractivity contribution < 1.29 is 25.9 Å². The van der Waals surface area contributed by atoms with E-state index in [9.17, 15) is 0 Å². The van der Waals surface area contributed by atoms with Crippen LogP contribution in [-0.2, 0) is 4.43 Å². The van der Waals surface area contributed by atoms with Crippen LogP contribution in [-0.4, -0.2) is 7.11 Å². The number of benzene rings is 3. The van der Waals surface area contributed by atoms with Crippen LogP contribution in [0.25, 0.3) is 10.8 Å². The molecular formula is C18H16IO+. The Balaban J connectivity index is 1.79. The fourth-order valence-corrected chi connectivity index (χ4v) is 4.60. The van der Waals surface area contributed by atoms with Crippen molar-refractivity contribution in [1.29, 1.82) is 0 Å². The van der Waals surface area contributed by atoms with E-state index in [1.807, 2.05) is 0 Å². The first-order chi connectivity index (χ1) is 9.86. The molecule has 2 heteroatoms. The van der Waals surface area contributed by atoms with Crippen LogP contribution in [0.1, 0.15) is 5.56 Å². The third-order valence-electron chi connectivity index (χ3n) is 3.29. The zero-order chi connectivity index (χ0) is 13.8. The Morgan fingerprint density at radius 3 is 2.40 bits per heavy atom. The van der Waals surface area contributed by atoms with Crippen LogP contribution < -0.4 is 25.9 Å². The smallest absolute Gasteiger partial charge is 0.318 e. The summed E-state index contributed by atoms with van der Waals surface area (Å²) in [7, 11) is 1.71. The summed E-state index contributed by atoms with van der Waals surface area (Å²) >= 11 is -0.000341. The molecular weight excluding hydrogens is 359 g/mol. The molecule has 0 unspecified atom stereocenters. The maximum atomic E-state index is 5.20. The van der Waals surface area contributed by atoms with Gasteiger partial charge in [0, 0.05) is 5.56 Å². The molecule has 3 rings (SSSR count). The number of ether oxygens (including phenoxy) is 1. The molecule has 0 radical (unpaired) electrons. The summed E-state index contributed by atoms with van der Waals surface area (Å²) in [5.41, 5.74) is 1.46. The fraction of sp³-hybridized carbons (Fsp3) is 0.111. The molecule has 0 heterocycles. The minimum atomic E-state index is -0.000341. The highest BCUT2D eigenvalue weighted by Gasteiger charge is 2.14. The lowest BCUT2D eigenvalue weighted by Gasteiger charge is -2.01. The van der Waals surface area contributed by atoms with Gasteiger partial charge < -0.3 is 4.74 Å². The van der Waals surface area contributed by atoms with Crippen LogP contribution in [0.5, 0.6) is 5.75 Å². The Morgan fingerprint density at radius 1 is 0.850 bits per heavy atom. The predicted octanol–water partition coefficient (Wildman–Crippen LogP) is 1.31. The third kappa shape index (κ3) is 2.96. The third-order valence-corrected chi connectivity index (χ3v) is 6.10. The van der Waals surface area contributed by atoms with Crippen molar-refractivity contribution in [1.82, 2.24) is 0 Å². The highest BCUT2D eigenvalue weighted by Crippen LogP contribution is 2.17. The average molecular weight is 375 g/mol. The zero-order valence-electron chi connectivity index (χ0n) is 11.3. The van der Waals surface area contributed by atoms with E-state index < -0.39 is 0 Å². The summed E-state index contributed by atoms with van der Waals surface area (Å²) < 4.78 is 7.83. The molecule has 0 N–H and O–H groups in total. The Hall–Kier alpha value is -1.55. The maximum Gasteiger partial charge on any atom is 0.318 e. The Labute approximate surface area is 129 Å². The summed E-state index contributed by atoms with van der Waals surface area (Å²) in [6.45, 7) is 0. The van der Waals surface area contributed by atoms with Crippen molar-refractivity contribution in [3.63, 3.8) is 0 Å². The van der Waals surface area contributed by atoms with E-state index in [0.29, 0.717) is 0 Å². The molecule has 0 spiro atoms. The summed E-state index contributed by atoms with van der Waals surface area (Å²) in [5.74, 6) is 0.933. The number of hydrogen-bond donors (Lipinski definition) is 0. The molecule has 100 valence electrons. The summed E-state index contributed by atoms with van der Waals surface area (Å²) in [6, 6.07) is 23.7. The van der Waals surface area contributed by atoms with Crippen LogP contribution in [0.15, 0.2) is 66.7 Å². The largest absolute Gasteiger partial charge is 0.497 e. The molecule has 3 aromatic rings. The zero-order valence-corrected chi connectivity index (χ0v) is 13.5. The molecule has 0 saturated carbocycles. The first kappa shape index (κ1) is 13.4. The van der Waals surface area contributed by atoms with Gasteiger partial charge in [0.05, 0.1) is 7.11 Å². The van der Waals surface area contributed by atoms with Crippen molar-refractivity contribution in [3.8, 4) is 5.75 Å². The number of halogens is 1. The molecule has 0 amide bonds. The van der Waals surface area contributed by atoms with Gasteiger partial charge in [0.2, 0.25) is 0 Å². The van der Waals surface area contributed by atoms with E-state index in [1.54, 1.807) is 7.11 Å². The van der Waals surface area contributed by atoms with Crippen molar-refractivity contribution in [2.24, 2.45) is 0 Å². The molecule has 1 nitrogen and oxygen atoms in total. The molecule has 0 atom stereocenters. The lowest BCUT2D eigenvalue weighted by molar-refractivity contribution is -0.642. The topological polar surface area (TPSA) is 9.23 Å². The molecule has 0 aliphatic heterocycles. The molecule has 0 bridgehead atoms. The highest BCUT2D eigenvalue weighted by molar-refractivity contribution is 5.85. The normalized spacial score (nSPS) is 10.7. The number of hydrogen-bond acceptors (Lipinski definition) is 1. The van der Waals surface area contributed by atoms with Gasteiger partial charge in [-0.1, -0.05) is 42.5 Å². The lowest BCUT2D eigenvalue weighted by atomic mass is 10.1. The van der Waals surface area contributed by atoms with Gasteiger partial charge in [-0.15, -0.1) is 0 Å². The van der Waals surface area contributed by atoms with Gasteiger partial charge >= 0.3 is 21.2 Å². The summed E-state index contributed by atoms with van der Waals surface area (Å²) in [5, 5.41) is 2.73. The van der Waals surface area contributed by atoms with E-state index in [1.165, 1.54) is 24.3 Å². The van der Waals surface area contributed by atoms with Crippen LogP contribution in [0.4, 0.5) is 0 Å². The molecule has 0 aromatic heterocycles. The maximum absolute atomic E-state index is 5.20. The molecule has 20 heavy (non-hydrogen) atoms. The van der Waals surface area contributed by atoms with Crippen molar-refractivity contribution >= 4 is 10.8 Å². The van der Waals surface area contributed by atoms with Crippen LogP contribution in [0.2, 0.25) is 0 Å². The van der Waals surface area contributed by atoms with Gasteiger partial charge in [0.1, 0.15) is 5.75 Å². The number of rotatable bonds is 4. The lowest BCUT2D eigenvalue weighted by Crippen LogP contribution is -3.61. The molecule has 0 fully saturated rings. The SMILES string of the molecule is COc1ccc([I+]Cc2cccc3ccccc23)cc1. The van der Waals surface area contributed by atoms with E-state index in [-0.39, 0.29) is 21.2 Å². The second kappa shape index (κ2) is 6.27. The second-order valence-electron chi connectivity index (χ2n) is 4.56. The van der Waals surface area contributed by atoms with Gasteiger partial charge in [0.25, 0.3) is 0 Å². The molecule has 3 aromatic carbocycles. The predicted molar refractivity (Wildman–Crippen MR) is 79.3 cm³/mol. The van der Waals surface area contributed by atoms with Crippen molar-refractivity contribution in [3.05, 3.63) is 75.9 Å². The summed E-state index contributed by atoms with van der Waals surface area (Å²) in [6.07, 6.45) is 0. The van der Waals surface area contributed by atoms with Gasteiger partial charge in [-0.05, 0) is 35.0 Å². The number of alkyl halides is 1. The highest BCUT2D eigenvalue weighted by atomic mass is 127. The van der Waals surface area contributed by atoms with Gasteiger partial charge in [-0.2, -0.15) is 0 Å². The standard InChI is InChI=1S/C18H16IO/c1-20-17-11-9-16(10-12-17)19-13-15-7-4-6-14-5-2-3-8-18(14)15/h2-12H,13H2,1H3/q+1. The van der Waals surface area contributed by atoms with E-state index in [0.717, 1.165) is 5.75 Å². The Bertz CT molecular complexity index is 699. The van der Waals surface area contributed by atoms with Crippen LogP contribution in [0.3, 0.4) is 0 Å². The Morgan fingerprint density at radius 2 is 1.60 bits per heavy atom. The van der Waals surface area contributed by atoms with Crippen LogP contribution >= 0.6 is 0 Å². The first-order valence-corrected chi connectivity index (χ1v) is 9.17. The minimum absolute atomic E-state index is 0.000341. The van der Waals surface area contributed by atoms with E-state index in [2.05, 4.69) is 66.7 Å². The number of fused-ring (bicyclic) bond motifs is 1. The minimum Gasteiger partial charge on any atom is -0.497 e. The molecule has 0 saturated heterocycles. The van der Waals surface area contributed by atoms with Crippen molar-refractivity contribution in [2.75, 3.05) is 7.11 Å². The monoisotopic (exact) mass is 375 g/mol. The molecule has 0 aliphatic carbocycles. The van der Waals surface area contributed by atoms with Crippen molar-refractivity contribution in [2.45, 2.75) is 4.43 Å². The number of methoxy groups -OCH3 is 1. The van der Waals surface area contributed by atoms with Crippen LogP contribution in [0, 0.1) is 3.57 Å². The van der Waals surface area contributed by atoms with E-state index in [4.69, 9.17) is 4.74 Å². The van der Waals surface area contributed by atoms with Gasteiger partial charge in [-0.25, -0.2) is 0 Å². The summed E-state index contributed by atoms with van der Waals surface area (Å²) in [4.78, 5) is 0. The average Bonchev–Trinajstić information content (AvgIpc) is 2.53. The van der Waals surface area contributed by atoms with Gasteiger partial charge in [0.15, 0.2) is 8.00 Å². The Kier molecular flexibility index (Phi) is 4.21. The second-order valence-corrected chi connectivity index (χ2v) is 7.33. The quantitative estimate of drug-likeness (QED) is 0.494. The molecule has 0 aliphatic rings. The van der Waals surface area contributed by atoms with E-state index >= 15 is 0 Å². The fourth-order valence-electron chi connectivity index (χ4n) is 2.22.